The van der Waals surface area contributed by atoms with Crippen molar-refractivity contribution in [1.82, 2.24) is 14.9 Å². The van der Waals surface area contributed by atoms with Crippen LogP contribution in [0.3, 0.4) is 0 Å². The number of amides is 2. The first-order valence-corrected chi connectivity index (χ1v) is 9.45. The number of hydrogen-bond acceptors (Lipinski definition) is 4. The number of aromatic nitrogens is 2. The van der Waals surface area contributed by atoms with E-state index in [1.54, 1.807) is 18.2 Å². The Kier molecular flexibility index (Phi) is 6.01. The molecule has 0 radical (unpaired) electrons. The van der Waals surface area contributed by atoms with Crippen LogP contribution < -0.4 is 15.4 Å². The number of hydrogen-bond donors (Lipinski definition) is 2. The van der Waals surface area contributed by atoms with Gasteiger partial charge >= 0.3 is 0 Å². The number of anilines is 1. The van der Waals surface area contributed by atoms with Gasteiger partial charge in [0.25, 0.3) is 11.8 Å². The van der Waals surface area contributed by atoms with Crippen molar-refractivity contribution in [2.45, 2.75) is 39.2 Å². The van der Waals surface area contributed by atoms with Crippen LogP contribution in [0.15, 0.2) is 18.2 Å². The number of fused-ring (bicyclic) bond motifs is 1. The number of benzene rings is 1. The zero-order valence-electron chi connectivity index (χ0n) is 15.5. The van der Waals surface area contributed by atoms with Gasteiger partial charge in [-0.05, 0) is 43.9 Å². The molecule has 0 saturated heterocycles. The lowest BCUT2D eigenvalue weighted by Crippen LogP contribution is -2.28. The molecule has 3 rings (SSSR count). The second-order valence-corrected chi connectivity index (χ2v) is 6.83. The van der Waals surface area contributed by atoms with E-state index in [0.717, 1.165) is 25.0 Å². The summed E-state index contributed by atoms with van der Waals surface area (Å²) in [6, 6.07) is 4.99. The second-order valence-electron chi connectivity index (χ2n) is 6.39. The van der Waals surface area contributed by atoms with Crippen molar-refractivity contribution in [3.63, 3.8) is 0 Å². The summed E-state index contributed by atoms with van der Waals surface area (Å²) in [7, 11) is 1.52. The van der Waals surface area contributed by atoms with Crippen molar-refractivity contribution in [3.8, 4) is 5.75 Å². The minimum absolute atomic E-state index is 0.251. The van der Waals surface area contributed by atoms with Crippen LogP contribution in [0.25, 0.3) is 0 Å². The molecule has 1 aromatic carbocycles. The van der Waals surface area contributed by atoms with Gasteiger partial charge in [-0.1, -0.05) is 18.5 Å². The quantitative estimate of drug-likeness (QED) is 0.792. The van der Waals surface area contributed by atoms with E-state index in [1.807, 2.05) is 11.5 Å². The monoisotopic (exact) mass is 390 g/mol. The highest BCUT2D eigenvalue weighted by Crippen LogP contribution is 2.29. The Hall–Kier alpha value is -2.54. The third kappa shape index (κ3) is 4.08. The summed E-state index contributed by atoms with van der Waals surface area (Å²) in [6.45, 7) is 3.24. The molecule has 2 N–H and O–H groups in total. The fourth-order valence-corrected chi connectivity index (χ4v) is 3.35. The summed E-state index contributed by atoms with van der Waals surface area (Å²) in [4.78, 5) is 29.7. The summed E-state index contributed by atoms with van der Waals surface area (Å²) in [5.74, 6) is 0.165. The molecule has 0 saturated carbocycles. The Labute approximate surface area is 163 Å². The van der Waals surface area contributed by atoms with Crippen LogP contribution in [0.2, 0.25) is 5.02 Å². The Bertz CT molecular complexity index is 863. The first kappa shape index (κ1) is 19.2. The number of imidazole rings is 1. The van der Waals surface area contributed by atoms with Gasteiger partial charge in [0.1, 0.15) is 5.75 Å². The molecule has 2 amide bonds. The van der Waals surface area contributed by atoms with Gasteiger partial charge in [-0.25, -0.2) is 4.98 Å². The Morgan fingerprint density at radius 1 is 1.30 bits per heavy atom. The molecular formula is C19H23ClN4O3. The van der Waals surface area contributed by atoms with Gasteiger partial charge in [-0.15, -0.1) is 0 Å². The molecule has 8 heteroatoms. The molecule has 0 bridgehead atoms. The van der Waals surface area contributed by atoms with Crippen LogP contribution in [0.1, 0.15) is 53.0 Å². The van der Waals surface area contributed by atoms with Gasteiger partial charge in [0, 0.05) is 18.1 Å². The van der Waals surface area contributed by atoms with E-state index in [0.29, 0.717) is 41.8 Å². The highest BCUT2D eigenvalue weighted by molar-refractivity contribution is 6.31. The second kappa shape index (κ2) is 8.43. The van der Waals surface area contributed by atoms with Crippen LogP contribution in [0, 0.1) is 0 Å². The van der Waals surface area contributed by atoms with Gasteiger partial charge in [0.15, 0.2) is 11.5 Å². The van der Waals surface area contributed by atoms with Gasteiger partial charge in [0.2, 0.25) is 0 Å². The molecular weight excluding hydrogens is 368 g/mol. The van der Waals surface area contributed by atoms with Crippen molar-refractivity contribution < 1.29 is 14.3 Å². The number of ether oxygens (including phenoxy) is 1. The minimum Gasteiger partial charge on any atom is -0.495 e. The first-order valence-electron chi connectivity index (χ1n) is 9.07. The molecule has 1 aromatic heterocycles. The maximum absolute atomic E-state index is 12.9. The molecule has 0 spiro atoms. The van der Waals surface area contributed by atoms with Crippen molar-refractivity contribution in [3.05, 3.63) is 40.4 Å². The Balaban J connectivity index is 1.92. The Morgan fingerprint density at radius 3 is 2.85 bits per heavy atom. The van der Waals surface area contributed by atoms with E-state index in [2.05, 4.69) is 15.6 Å². The van der Waals surface area contributed by atoms with E-state index < -0.39 is 0 Å². The molecule has 7 nitrogen and oxygen atoms in total. The standard InChI is InChI=1S/C19H23ClN4O3/c1-3-9-21-19(26)17-23-16(14-6-4-5-10-24(14)17)18(25)22-13-11-12(20)7-8-15(13)27-2/h7-8,11H,3-6,9-10H2,1-2H3,(H,21,26)(H,22,25). The molecule has 0 aliphatic carbocycles. The summed E-state index contributed by atoms with van der Waals surface area (Å²) in [6.07, 6.45) is 3.47. The third-order valence-electron chi connectivity index (χ3n) is 4.48. The van der Waals surface area contributed by atoms with Crippen LogP contribution in [0.4, 0.5) is 5.69 Å². The topological polar surface area (TPSA) is 85.2 Å². The molecule has 27 heavy (non-hydrogen) atoms. The Morgan fingerprint density at radius 2 is 2.11 bits per heavy atom. The van der Waals surface area contributed by atoms with Crippen LogP contribution in [-0.4, -0.2) is 35.0 Å². The largest absolute Gasteiger partial charge is 0.495 e. The highest BCUT2D eigenvalue weighted by Gasteiger charge is 2.27. The molecule has 0 fully saturated rings. The van der Waals surface area contributed by atoms with Crippen molar-refractivity contribution in [2.24, 2.45) is 0 Å². The van der Waals surface area contributed by atoms with E-state index in [-0.39, 0.29) is 17.5 Å². The number of rotatable bonds is 6. The summed E-state index contributed by atoms with van der Waals surface area (Å²) >= 11 is 6.03. The average molecular weight is 391 g/mol. The number of nitrogens with one attached hydrogen (secondary N) is 2. The smallest absolute Gasteiger partial charge is 0.287 e. The number of nitrogens with zero attached hydrogens (tertiary/aromatic N) is 2. The van der Waals surface area contributed by atoms with E-state index in [9.17, 15) is 9.59 Å². The molecule has 144 valence electrons. The van der Waals surface area contributed by atoms with E-state index in [4.69, 9.17) is 16.3 Å². The van der Waals surface area contributed by atoms with Gasteiger partial charge < -0.3 is 19.9 Å². The fourth-order valence-electron chi connectivity index (χ4n) is 3.18. The summed E-state index contributed by atoms with van der Waals surface area (Å²) in [5.41, 5.74) is 1.53. The summed E-state index contributed by atoms with van der Waals surface area (Å²) in [5, 5.41) is 6.13. The lowest BCUT2D eigenvalue weighted by atomic mass is 10.1. The van der Waals surface area contributed by atoms with Crippen molar-refractivity contribution >= 4 is 29.1 Å². The SMILES string of the molecule is CCCNC(=O)c1nc(C(=O)Nc2cc(Cl)ccc2OC)c2n1CCCC2. The normalized spacial score (nSPS) is 13.0. The fraction of sp³-hybridized carbons (Fsp3) is 0.421. The maximum Gasteiger partial charge on any atom is 0.287 e. The van der Waals surface area contributed by atoms with Crippen LogP contribution in [0.5, 0.6) is 5.75 Å². The lowest BCUT2D eigenvalue weighted by molar-refractivity contribution is 0.0937. The van der Waals surface area contributed by atoms with Gasteiger partial charge in [-0.3, -0.25) is 9.59 Å². The van der Waals surface area contributed by atoms with Crippen LogP contribution in [-0.2, 0) is 13.0 Å². The van der Waals surface area contributed by atoms with Crippen molar-refractivity contribution in [2.75, 3.05) is 19.0 Å². The molecule has 2 heterocycles. The molecule has 1 aliphatic heterocycles. The van der Waals surface area contributed by atoms with Crippen LogP contribution >= 0.6 is 11.6 Å². The zero-order valence-corrected chi connectivity index (χ0v) is 16.2. The van der Waals surface area contributed by atoms with E-state index in [1.165, 1.54) is 7.11 Å². The number of methoxy groups -OCH3 is 1. The highest BCUT2D eigenvalue weighted by atomic mass is 35.5. The zero-order chi connectivity index (χ0) is 19.4. The third-order valence-corrected chi connectivity index (χ3v) is 4.72. The first-order chi connectivity index (χ1) is 13.0. The number of carbonyl (C=O) groups excluding carboxylic acids is 2. The van der Waals surface area contributed by atoms with Gasteiger partial charge in [0.05, 0.1) is 18.5 Å². The molecule has 0 atom stereocenters. The summed E-state index contributed by atoms with van der Waals surface area (Å²) < 4.78 is 7.13. The minimum atomic E-state index is -0.379. The van der Waals surface area contributed by atoms with Gasteiger partial charge in [-0.2, -0.15) is 0 Å². The molecule has 2 aromatic rings. The molecule has 0 unspecified atom stereocenters. The molecule has 1 aliphatic rings. The lowest BCUT2D eigenvalue weighted by Gasteiger charge is -2.17. The van der Waals surface area contributed by atoms with E-state index >= 15 is 0 Å². The predicted octanol–water partition coefficient (Wildman–Crippen LogP) is 3.27. The number of halogens is 1. The van der Waals surface area contributed by atoms with Crippen molar-refractivity contribution in [1.29, 1.82) is 0 Å². The number of carbonyl (C=O) groups is 2. The average Bonchev–Trinajstić information content (AvgIpc) is 3.06. The predicted molar refractivity (Wildman–Crippen MR) is 104 cm³/mol. The maximum atomic E-state index is 12.9.